The molecule has 0 unspecified atom stereocenters. The van der Waals surface area contributed by atoms with Crippen molar-refractivity contribution >= 4 is 33.6 Å². The zero-order chi connectivity index (χ0) is 34.6. The topological polar surface area (TPSA) is 156 Å². The number of rotatable bonds is 7. The van der Waals surface area contributed by atoms with Gasteiger partial charge in [-0.05, 0) is 50.1 Å². The summed E-state index contributed by atoms with van der Waals surface area (Å²) in [5, 5.41) is 10.6. The molecule has 0 radical (unpaired) electrons. The highest BCUT2D eigenvalue weighted by atomic mass is 32.2. The molecule has 48 heavy (non-hydrogen) atoms. The van der Waals surface area contributed by atoms with Gasteiger partial charge in [-0.1, -0.05) is 30.7 Å². The molecule has 0 bridgehead atoms. The number of hydrogen-bond acceptors (Lipinski definition) is 7. The lowest BCUT2D eigenvalue weighted by Crippen LogP contribution is -2.42. The van der Waals surface area contributed by atoms with Crippen molar-refractivity contribution < 1.29 is 36.1 Å². The number of carbonyl (C=O) groups is 2. The van der Waals surface area contributed by atoms with Crippen molar-refractivity contribution in [3.05, 3.63) is 95.3 Å². The number of piperidine rings is 1. The standard InChI is InChI=1S/C32H32F2N6O3.CH4O3S/c1-20-6-8-22(9-7-20)40-27(19-26(38-40)32(2)13-14-32)37-31(42)36-21-10-15-35-28(18-21)43-23-11-16-39(17-12-23)30(41)29-24(33)4-3-5-25(29)34;1-5(2,3)4/h3-10,15,18-19,23H,11-14,16-17H2,1-2H3,(H2,35,36,37,42);1H3,(H,2,3,4). The SMILES string of the molecule is CS(=O)(=O)O.Cc1ccc(-n2nc(C3(C)CC3)cc2NC(=O)Nc2ccnc(OC3CCN(C(=O)c4c(F)cccc4F)CC3)c2)cc1. The van der Waals surface area contributed by atoms with E-state index in [1.54, 1.807) is 16.8 Å². The minimum absolute atomic E-state index is 0.0254. The summed E-state index contributed by atoms with van der Waals surface area (Å²) in [6.07, 6.45) is 5.04. The number of halogens is 2. The van der Waals surface area contributed by atoms with Gasteiger partial charge in [-0.15, -0.1) is 0 Å². The summed E-state index contributed by atoms with van der Waals surface area (Å²) in [6.45, 7) is 4.76. The van der Waals surface area contributed by atoms with Crippen molar-refractivity contribution in [3.63, 3.8) is 0 Å². The maximum Gasteiger partial charge on any atom is 0.324 e. The zero-order valence-corrected chi connectivity index (χ0v) is 27.4. The molecule has 2 aliphatic rings. The molecule has 0 spiro atoms. The smallest absolute Gasteiger partial charge is 0.324 e. The van der Waals surface area contributed by atoms with Crippen LogP contribution in [0.2, 0.25) is 0 Å². The van der Waals surface area contributed by atoms with Gasteiger partial charge in [-0.3, -0.25) is 14.7 Å². The Hall–Kier alpha value is -4.89. The molecule has 0 atom stereocenters. The first-order valence-electron chi connectivity index (χ1n) is 15.2. The van der Waals surface area contributed by atoms with Crippen molar-refractivity contribution in [3.8, 4) is 11.6 Å². The van der Waals surface area contributed by atoms with E-state index in [1.165, 1.54) is 17.2 Å². The van der Waals surface area contributed by atoms with E-state index in [1.807, 2.05) is 37.3 Å². The third kappa shape index (κ3) is 8.92. The number of nitrogens with one attached hydrogen (secondary N) is 2. The number of likely N-dealkylation sites (tertiary alicyclic amines) is 1. The summed E-state index contributed by atoms with van der Waals surface area (Å²) < 4.78 is 61.8. The second-order valence-electron chi connectivity index (χ2n) is 12.1. The van der Waals surface area contributed by atoms with Crippen molar-refractivity contribution in [1.29, 1.82) is 0 Å². The molecule has 3 heterocycles. The molecule has 1 aliphatic heterocycles. The van der Waals surface area contributed by atoms with Crippen LogP contribution in [-0.4, -0.2) is 70.0 Å². The van der Waals surface area contributed by atoms with Gasteiger partial charge in [0.05, 0.1) is 17.6 Å². The molecule has 1 saturated carbocycles. The minimum Gasteiger partial charge on any atom is -0.474 e. The van der Waals surface area contributed by atoms with E-state index >= 15 is 0 Å². The van der Waals surface area contributed by atoms with Crippen LogP contribution in [0.25, 0.3) is 5.69 Å². The summed E-state index contributed by atoms with van der Waals surface area (Å²) >= 11 is 0. The second kappa shape index (κ2) is 14.1. The summed E-state index contributed by atoms with van der Waals surface area (Å²) in [4.78, 5) is 31.4. The Balaban J connectivity index is 0.000000840. The largest absolute Gasteiger partial charge is 0.474 e. The van der Waals surface area contributed by atoms with E-state index in [2.05, 4.69) is 22.5 Å². The van der Waals surface area contributed by atoms with Crippen LogP contribution >= 0.6 is 0 Å². The lowest BCUT2D eigenvalue weighted by Gasteiger charge is -2.32. The fraction of sp³-hybridized carbons (Fsp3) is 0.333. The molecule has 15 heteroatoms. The van der Waals surface area contributed by atoms with E-state index in [-0.39, 0.29) is 24.6 Å². The molecule has 254 valence electrons. The average Bonchev–Trinajstić information content (AvgIpc) is 3.63. The third-order valence-electron chi connectivity index (χ3n) is 8.03. The van der Waals surface area contributed by atoms with Gasteiger partial charge in [0.15, 0.2) is 0 Å². The highest BCUT2D eigenvalue weighted by Crippen LogP contribution is 2.47. The average molecular weight is 683 g/mol. The van der Waals surface area contributed by atoms with Crippen LogP contribution in [0.1, 0.15) is 54.2 Å². The van der Waals surface area contributed by atoms with Crippen LogP contribution in [-0.2, 0) is 15.5 Å². The lowest BCUT2D eigenvalue weighted by atomic mass is 10.1. The zero-order valence-electron chi connectivity index (χ0n) is 26.6. The maximum absolute atomic E-state index is 14.1. The number of pyridine rings is 1. The van der Waals surface area contributed by atoms with Crippen molar-refractivity contribution in [2.75, 3.05) is 30.0 Å². The first kappa shape index (κ1) is 34.4. The van der Waals surface area contributed by atoms with E-state index in [0.717, 1.165) is 41.9 Å². The number of hydrogen-bond donors (Lipinski definition) is 3. The molecule has 2 aromatic heterocycles. The number of carbonyl (C=O) groups excluding carboxylic acids is 2. The van der Waals surface area contributed by atoms with Crippen molar-refractivity contribution in [2.24, 2.45) is 0 Å². The first-order chi connectivity index (χ1) is 22.7. The van der Waals surface area contributed by atoms with Crippen LogP contribution in [0.4, 0.5) is 25.1 Å². The molecule has 6 rings (SSSR count). The molecule has 2 aromatic carbocycles. The molecule has 4 aromatic rings. The molecule has 12 nitrogen and oxygen atoms in total. The Morgan fingerprint density at radius 3 is 2.23 bits per heavy atom. The molecular formula is C33H36F2N6O6S. The van der Waals surface area contributed by atoms with E-state index in [4.69, 9.17) is 14.4 Å². The summed E-state index contributed by atoms with van der Waals surface area (Å²) in [5.41, 5.74) is 2.89. The molecule has 3 N–H and O–H groups in total. The Morgan fingerprint density at radius 2 is 1.62 bits per heavy atom. The molecule has 1 aliphatic carbocycles. The number of aryl methyl sites for hydroxylation is 1. The fourth-order valence-corrected chi connectivity index (χ4v) is 5.13. The van der Waals surface area contributed by atoms with Crippen LogP contribution < -0.4 is 15.4 Å². The number of urea groups is 1. The second-order valence-corrected chi connectivity index (χ2v) is 13.6. The Kier molecular flexibility index (Phi) is 10.1. The lowest BCUT2D eigenvalue weighted by molar-refractivity contribution is 0.0579. The van der Waals surface area contributed by atoms with Gasteiger partial charge in [-0.25, -0.2) is 23.2 Å². The number of anilines is 2. The van der Waals surface area contributed by atoms with Gasteiger partial charge in [0.2, 0.25) is 5.88 Å². The van der Waals surface area contributed by atoms with Gasteiger partial charge in [0, 0.05) is 55.4 Å². The molecule has 1 saturated heterocycles. The van der Waals surface area contributed by atoms with E-state index in [0.29, 0.717) is 36.5 Å². The third-order valence-corrected chi connectivity index (χ3v) is 8.03. The Bertz CT molecular complexity index is 1880. The van der Waals surface area contributed by atoms with Gasteiger partial charge >= 0.3 is 6.03 Å². The number of benzene rings is 2. The van der Waals surface area contributed by atoms with E-state index in [9.17, 15) is 26.8 Å². The van der Waals surface area contributed by atoms with Crippen LogP contribution in [0.15, 0.2) is 66.9 Å². The highest BCUT2D eigenvalue weighted by molar-refractivity contribution is 7.85. The summed E-state index contributed by atoms with van der Waals surface area (Å²) in [7, 11) is -3.67. The fourth-order valence-electron chi connectivity index (χ4n) is 5.13. The minimum atomic E-state index is -3.67. The number of ether oxygens (including phenoxy) is 1. The van der Waals surface area contributed by atoms with Crippen molar-refractivity contribution in [1.82, 2.24) is 19.7 Å². The van der Waals surface area contributed by atoms with Gasteiger partial charge < -0.3 is 15.0 Å². The Morgan fingerprint density at radius 1 is 1.00 bits per heavy atom. The predicted molar refractivity (Wildman–Crippen MR) is 175 cm³/mol. The van der Waals surface area contributed by atoms with Crippen molar-refractivity contribution in [2.45, 2.75) is 51.0 Å². The van der Waals surface area contributed by atoms with Gasteiger partial charge in [0.25, 0.3) is 16.0 Å². The van der Waals surface area contributed by atoms with E-state index < -0.39 is 39.3 Å². The number of nitrogens with zero attached hydrogens (tertiary/aromatic N) is 4. The number of amides is 3. The molecule has 3 amide bonds. The number of aromatic nitrogens is 3. The predicted octanol–water partition coefficient (Wildman–Crippen LogP) is 5.74. The normalized spacial score (nSPS) is 15.6. The van der Waals surface area contributed by atoms with Crippen LogP contribution in [0.3, 0.4) is 0 Å². The quantitative estimate of drug-likeness (QED) is 0.209. The molecular weight excluding hydrogens is 646 g/mol. The molecule has 2 fully saturated rings. The van der Waals surface area contributed by atoms with Crippen LogP contribution in [0, 0.1) is 18.6 Å². The maximum atomic E-state index is 14.1. The summed E-state index contributed by atoms with van der Waals surface area (Å²) in [6, 6.07) is 16.1. The summed E-state index contributed by atoms with van der Waals surface area (Å²) in [5.74, 6) is -1.55. The Labute approximate surface area is 276 Å². The monoisotopic (exact) mass is 682 g/mol. The van der Waals surface area contributed by atoms with Gasteiger partial charge in [-0.2, -0.15) is 13.5 Å². The highest BCUT2D eigenvalue weighted by Gasteiger charge is 2.42. The van der Waals surface area contributed by atoms with Gasteiger partial charge in [0.1, 0.15) is 29.1 Å². The van der Waals surface area contributed by atoms with Crippen LogP contribution in [0.5, 0.6) is 5.88 Å². The first-order valence-corrected chi connectivity index (χ1v) is 17.1.